The Morgan fingerprint density at radius 1 is 1.20 bits per heavy atom. The second-order valence-corrected chi connectivity index (χ2v) is 5.77. The number of anilines is 1. The van der Waals surface area contributed by atoms with Crippen molar-refractivity contribution in [1.29, 1.82) is 0 Å². The number of nitrogens with one attached hydrogen (secondary N) is 1. The van der Waals surface area contributed by atoms with Crippen LogP contribution < -0.4 is 5.73 Å². The van der Waals surface area contributed by atoms with E-state index in [1.54, 1.807) is 11.3 Å². The van der Waals surface area contributed by atoms with Crippen molar-refractivity contribution in [2.45, 2.75) is 20.3 Å². The van der Waals surface area contributed by atoms with Crippen molar-refractivity contribution in [2.75, 3.05) is 5.73 Å². The molecule has 0 saturated heterocycles. The van der Waals surface area contributed by atoms with Crippen LogP contribution in [0, 0.1) is 6.92 Å². The van der Waals surface area contributed by atoms with Gasteiger partial charge in [-0.1, -0.05) is 36.8 Å². The summed E-state index contributed by atoms with van der Waals surface area (Å²) in [5.41, 5.74) is 11.8. The lowest BCUT2D eigenvalue weighted by Gasteiger charge is -2.05. The number of aryl methyl sites for hydroxylation is 2. The summed E-state index contributed by atoms with van der Waals surface area (Å²) in [5, 5.41) is 9.42. The SMILES string of the molecule is CCc1ccsc1-c1[nH]nc(N)c1-c1ccc(C)cc1. The highest BCUT2D eigenvalue weighted by Crippen LogP contribution is 2.38. The van der Waals surface area contributed by atoms with Crippen molar-refractivity contribution in [3.05, 3.63) is 46.8 Å². The first-order valence-corrected chi connectivity index (χ1v) is 7.56. The Kier molecular flexibility index (Phi) is 3.32. The zero-order valence-corrected chi connectivity index (χ0v) is 12.4. The molecule has 0 amide bonds. The first-order valence-electron chi connectivity index (χ1n) is 6.68. The molecule has 0 aliphatic heterocycles. The number of benzene rings is 1. The largest absolute Gasteiger partial charge is 0.382 e. The molecule has 1 aromatic carbocycles. The Morgan fingerprint density at radius 3 is 2.65 bits per heavy atom. The zero-order valence-electron chi connectivity index (χ0n) is 11.6. The van der Waals surface area contributed by atoms with E-state index in [-0.39, 0.29) is 0 Å². The van der Waals surface area contributed by atoms with Gasteiger partial charge in [-0.25, -0.2) is 0 Å². The Balaban J connectivity index is 2.17. The van der Waals surface area contributed by atoms with Crippen LogP contribution >= 0.6 is 11.3 Å². The minimum atomic E-state index is 0.555. The summed E-state index contributed by atoms with van der Waals surface area (Å²) in [5.74, 6) is 0.555. The van der Waals surface area contributed by atoms with E-state index in [0.717, 1.165) is 23.2 Å². The zero-order chi connectivity index (χ0) is 14.1. The fourth-order valence-corrected chi connectivity index (χ4v) is 3.36. The van der Waals surface area contributed by atoms with Gasteiger partial charge in [0.1, 0.15) is 0 Å². The van der Waals surface area contributed by atoms with Crippen molar-refractivity contribution >= 4 is 17.2 Å². The summed E-state index contributed by atoms with van der Waals surface area (Å²) < 4.78 is 0. The predicted molar refractivity (Wildman–Crippen MR) is 85.9 cm³/mol. The molecule has 0 unspecified atom stereocenters. The van der Waals surface area contributed by atoms with Gasteiger partial charge in [0.15, 0.2) is 5.82 Å². The highest BCUT2D eigenvalue weighted by molar-refractivity contribution is 7.13. The molecule has 3 aromatic rings. The molecular weight excluding hydrogens is 266 g/mol. The number of H-pyrrole nitrogens is 1. The second-order valence-electron chi connectivity index (χ2n) is 4.85. The molecule has 102 valence electrons. The minimum absolute atomic E-state index is 0.555. The number of thiophene rings is 1. The van der Waals surface area contributed by atoms with Gasteiger partial charge in [0.25, 0.3) is 0 Å². The normalized spacial score (nSPS) is 10.9. The van der Waals surface area contributed by atoms with Crippen molar-refractivity contribution < 1.29 is 0 Å². The van der Waals surface area contributed by atoms with E-state index in [0.29, 0.717) is 5.82 Å². The highest BCUT2D eigenvalue weighted by atomic mass is 32.1. The number of hydrogen-bond acceptors (Lipinski definition) is 3. The molecule has 0 saturated carbocycles. The van der Waals surface area contributed by atoms with Crippen LogP contribution in [0.25, 0.3) is 21.7 Å². The molecule has 0 atom stereocenters. The first kappa shape index (κ1) is 12.9. The van der Waals surface area contributed by atoms with Gasteiger partial charge >= 0.3 is 0 Å². The van der Waals surface area contributed by atoms with Gasteiger partial charge in [-0.3, -0.25) is 5.10 Å². The molecule has 0 radical (unpaired) electrons. The van der Waals surface area contributed by atoms with E-state index in [9.17, 15) is 0 Å². The fraction of sp³-hybridized carbons (Fsp3) is 0.188. The molecule has 3 rings (SSSR count). The van der Waals surface area contributed by atoms with E-state index >= 15 is 0 Å². The molecule has 20 heavy (non-hydrogen) atoms. The van der Waals surface area contributed by atoms with Crippen molar-refractivity contribution in [2.24, 2.45) is 0 Å². The van der Waals surface area contributed by atoms with E-state index < -0.39 is 0 Å². The van der Waals surface area contributed by atoms with E-state index in [4.69, 9.17) is 5.73 Å². The standard InChI is InChI=1S/C16H17N3S/c1-3-11-8-9-20-15(11)14-13(16(17)19-18-14)12-6-4-10(2)5-7-12/h4-9H,3H2,1-2H3,(H3,17,18,19). The summed E-state index contributed by atoms with van der Waals surface area (Å²) in [4.78, 5) is 1.23. The quantitative estimate of drug-likeness (QED) is 0.754. The number of hydrogen-bond donors (Lipinski definition) is 2. The molecule has 0 fully saturated rings. The van der Waals surface area contributed by atoms with Crippen LogP contribution in [-0.4, -0.2) is 10.2 Å². The van der Waals surface area contributed by atoms with Gasteiger partial charge in [-0.15, -0.1) is 11.3 Å². The lowest BCUT2D eigenvalue weighted by molar-refractivity contribution is 1.10. The summed E-state index contributed by atoms with van der Waals surface area (Å²) in [6, 6.07) is 10.6. The molecule has 2 heterocycles. The monoisotopic (exact) mass is 283 g/mol. The predicted octanol–water partition coefficient (Wildman–Crippen LogP) is 4.26. The highest BCUT2D eigenvalue weighted by Gasteiger charge is 2.17. The lowest BCUT2D eigenvalue weighted by Crippen LogP contribution is -1.89. The van der Waals surface area contributed by atoms with E-state index in [1.807, 2.05) is 0 Å². The smallest absolute Gasteiger partial charge is 0.153 e. The number of aromatic amines is 1. The molecule has 4 heteroatoms. The summed E-state index contributed by atoms with van der Waals surface area (Å²) >= 11 is 1.73. The Hall–Kier alpha value is -2.07. The molecule has 0 aliphatic rings. The first-order chi connectivity index (χ1) is 9.70. The maximum Gasteiger partial charge on any atom is 0.153 e. The molecule has 3 N–H and O–H groups in total. The van der Waals surface area contributed by atoms with Crippen LogP contribution in [0.4, 0.5) is 5.82 Å². The molecule has 0 spiro atoms. The Bertz CT molecular complexity index is 723. The van der Waals surface area contributed by atoms with E-state index in [1.165, 1.54) is 16.0 Å². The van der Waals surface area contributed by atoms with Crippen molar-refractivity contribution in [3.63, 3.8) is 0 Å². The van der Waals surface area contributed by atoms with Crippen molar-refractivity contribution in [3.8, 4) is 21.7 Å². The molecular formula is C16H17N3S. The summed E-state index contributed by atoms with van der Waals surface area (Å²) in [6.07, 6.45) is 1.01. The third-order valence-corrected chi connectivity index (χ3v) is 4.46. The van der Waals surface area contributed by atoms with Gasteiger partial charge in [0.05, 0.1) is 16.1 Å². The number of nitrogens with zero attached hydrogens (tertiary/aromatic N) is 1. The third kappa shape index (κ3) is 2.12. The van der Waals surface area contributed by atoms with E-state index in [2.05, 4.69) is 59.8 Å². The maximum atomic E-state index is 6.07. The van der Waals surface area contributed by atoms with Crippen LogP contribution in [-0.2, 0) is 6.42 Å². The molecule has 0 aliphatic carbocycles. The topological polar surface area (TPSA) is 54.7 Å². The number of nitrogen functional groups attached to an aromatic ring is 1. The van der Waals surface area contributed by atoms with Crippen LogP contribution in [0.1, 0.15) is 18.1 Å². The Morgan fingerprint density at radius 2 is 1.95 bits per heavy atom. The second kappa shape index (κ2) is 5.13. The van der Waals surface area contributed by atoms with Crippen LogP contribution in [0.5, 0.6) is 0 Å². The van der Waals surface area contributed by atoms with Gasteiger partial charge < -0.3 is 5.73 Å². The number of nitrogens with two attached hydrogens (primary N) is 1. The molecule has 2 aromatic heterocycles. The third-order valence-electron chi connectivity index (χ3n) is 3.49. The molecule has 3 nitrogen and oxygen atoms in total. The van der Waals surface area contributed by atoms with Crippen molar-refractivity contribution in [1.82, 2.24) is 10.2 Å². The summed E-state index contributed by atoms with van der Waals surface area (Å²) in [6.45, 7) is 4.24. The van der Waals surface area contributed by atoms with Gasteiger partial charge in [0.2, 0.25) is 0 Å². The van der Waals surface area contributed by atoms with Gasteiger partial charge in [-0.2, -0.15) is 5.10 Å². The number of rotatable bonds is 3. The van der Waals surface area contributed by atoms with Gasteiger partial charge in [-0.05, 0) is 35.9 Å². The molecule has 0 bridgehead atoms. The van der Waals surface area contributed by atoms with Crippen LogP contribution in [0.15, 0.2) is 35.7 Å². The van der Waals surface area contributed by atoms with Gasteiger partial charge in [0, 0.05) is 0 Å². The average molecular weight is 283 g/mol. The lowest BCUT2D eigenvalue weighted by atomic mass is 10.0. The maximum absolute atomic E-state index is 6.07. The fourth-order valence-electron chi connectivity index (χ4n) is 2.37. The minimum Gasteiger partial charge on any atom is -0.382 e. The Labute approximate surface area is 122 Å². The average Bonchev–Trinajstić information content (AvgIpc) is 3.05. The van der Waals surface area contributed by atoms with Crippen LogP contribution in [0.2, 0.25) is 0 Å². The van der Waals surface area contributed by atoms with Crippen LogP contribution in [0.3, 0.4) is 0 Å². The number of aromatic nitrogens is 2. The summed E-state index contributed by atoms with van der Waals surface area (Å²) in [7, 11) is 0.